The molecule has 0 aliphatic rings. The summed E-state index contributed by atoms with van der Waals surface area (Å²) in [4.78, 5) is 21.9. The van der Waals surface area contributed by atoms with Crippen molar-refractivity contribution >= 4 is 0 Å². The van der Waals surface area contributed by atoms with E-state index in [0.717, 1.165) is 11.4 Å². The zero-order valence-electron chi connectivity index (χ0n) is 8.80. The molecule has 2 aromatic heterocycles. The van der Waals surface area contributed by atoms with Crippen LogP contribution in [-0.2, 0) is 6.42 Å². The van der Waals surface area contributed by atoms with Crippen molar-refractivity contribution in [1.82, 2.24) is 15.0 Å². The van der Waals surface area contributed by atoms with Gasteiger partial charge in [0.2, 0.25) is 0 Å². The molecule has 2 rings (SSSR count). The number of methoxy groups -OCH3 is 1. The first kappa shape index (κ1) is 10.4. The van der Waals surface area contributed by atoms with Gasteiger partial charge >= 0.3 is 0 Å². The Balaban J connectivity index is 2.23. The van der Waals surface area contributed by atoms with Crippen LogP contribution in [0.25, 0.3) is 0 Å². The first-order valence-corrected chi connectivity index (χ1v) is 4.81. The summed E-state index contributed by atoms with van der Waals surface area (Å²) in [5.74, 6) is 1.33. The Morgan fingerprint density at radius 2 is 2.12 bits per heavy atom. The molecule has 0 spiro atoms. The van der Waals surface area contributed by atoms with Gasteiger partial charge in [-0.05, 0) is 6.07 Å². The first-order chi connectivity index (χ1) is 7.78. The largest absolute Gasteiger partial charge is 0.497 e. The van der Waals surface area contributed by atoms with Crippen LogP contribution in [0.3, 0.4) is 0 Å². The number of pyridine rings is 1. The average molecular weight is 217 g/mol. The minimum atomic E-state index is -0.159. The zero-order chi connectivity index (χ0) is 11.4. The molecule has 0 unspecified atom stereocenters. The van der Waals surface area contributed by atoms with Gasteiger partial charge in [-0.2, -0.15) is 0 Å². The summed E-state index contributed by atoms with van der Waals surface area (Å²) >= 11 is 0. The van der Waals surface area contributed by atoms with Crippen molar-refractivity contribution in [2.75, 3.05) is 7.11 Å². The fraction of sp³-hybridized carbons (Fsp3) is 0.182. The van der Waals surface area contributed by atoms with Crippen LogP contribution in [0.15, 0.2) is 35.4 Å². The van der Waals surface area contributed by atoms with E-state index in [1.54, 1.807) is 19.4 Å². The number of aromatic amines is 1. The fourth-order valence-electron chi connectivity index (χ4n) is 1.35. The molecule has 82 valence electrons. The molecule has 0 radical (unpaired) electrons. The highest BCUT2D eigenvalue weighted by Gasteiger charge is 2.01. The maximum atomic E-state index is 11.1. The molecule has 5 heteroatoms. The van der Waals surface area contributed by atoms with Crippen LogP contribution in [-0.4, -0.2) is 22.1 Å². The van der Waals surface area contributed by atoms with Crippen LogP contribution >= 0.6 is 0 Å². The molecule has 16 heavy (non-hydrogen) atoms. The second-order valence-corrected chi connectivity index (χ2v) is 3.24. The molecule has 5 nitrogen and oxygen atoms in total. The van der Waals surface area contributed by atoms with Crippen molar-refractivity contribution < 1.29 is 4.74 Å². The normalized spacial score (nSPS) is 10.1. The summed E-state index contributed by atoms with van der Waals surface area (Å²) in [6.07, 6.45) is 3.62. The highest BCUT2D eigenvalue weighted by Crippen LogP contribution is 2.11. The topological polar surface area (TPSA) is 67.9 Å². The number of rotatable bonds is 3. The minimum Gasteiger partial charge on any atom is -0.497 e. The molecule has 0 saturated heterocycles. The fourth-order valence-corrected chi connectivity index (χ4v) is 1.35. The van der Waals surface area contributed by atoms with Gasteiger partial charge in [0.15, 0.2) is 0 Å². The van der Waals surface area contributed by atoms with Gasteiger partial charge in [0.25, 0.3) is 5.56 Å². The van der Waals surface area contributed by atoms with Gasteiger partial charge in [-0.1, -0.05) is 0 Å². The second-order valence-electron chi connectivity index (χ2n) is 3.24. The van der Waals surface area contributed by atoms with Crippen molar-refractivity contribution in [1.29, 1.82) is 0 Å². The molecular formula is C11H11N3O2. The van der Waals surface area contributed by atoms with Gasteiger partial charge in [-0.15, -0.1) is 0 Å². The van der Waals surface area contributed by atoms with Crippen LogP contribution in [0, 0.1) is 0 Å². The number of H-pyrrole nitrogens is 1. The van der Waals surface area contributed by atoms with Gasteiger partial charge in [0, 0.05) is 30.9 Å². The molecule has 2 aromatic rings. The van der Waals surface area contributed by atoms with Crippen molar-refractivity contribution in [2.24, 2.45) is 0 Å². The van der Waals surface area contributed by atoms with E-state index >= 15 is 0 Å². The third-order valence-electron chi connectivity index (χ3n) is 2.10. The molecule has 1 N–H and O–H groups in total. The summed E-state index contributed by atoms with van der Waals surface area (Å²) in [6, 6.07) is 4.96. The molecule has 0 fully saturated rings. The van der Waals surface area contributed by atoms with Gasteiger partial charge in [0.1, 0.15) is 11.6 Å². The maximum Gasteiger partial charge on any atom is 0.250 e. The second kappa shape index (κ2) is 4.57. The summed E-state index contributed by atoms with van der Waals surface area (Å²) < 4.78 is 5.08. The summed E-state index contributed by atoms with van der Waals surface area (Å²) in [7, 11) is 1.60. The quantitative estimate of drug-likeness (QED) is 0.824. The van der Waals surface area contributed by atoms with Crippen LogP contribution in [0.2, 0.25) is 0 Å². The first-order valence-electron chi connectivity index (χ1n) is 4.81. The number of hydrogen-bond donors (Lipinski definition) is 1. The molecule has 0 atom stereocenters. The highest BCUT2D eigenvalue weighted by molar-refractivity contribution is 5.24. The van der Waals surface area contributed by atoms with Crippen molar-refractivity contribution in [2.45, 2.75) is 6.42 Å². The van der Waals surface area contributed by atoms with E-state index in [0.29, 0.717) is 12.2 Å². The predicted octanol–water partition coefficient (Wildman–Crippen LogP) is 0.764. The number of ether oxygens (including phenoxy) is 1. The molecule has 0 aliphatic carbocycles. The minimum absolute atomic E-state index is 0.159. The zero-order valence-corrected chi connectivity index (χ0v) is 8.80. The lowest BCUT2D eigenvalue weighted by Crippen LogP contribution is -2.09. The Hall–Kier alpha value is -2.17. The molecular weight excluding hydrogens is 206 g/mol. The molecule has 0 amide bonds. The summed E-state index contributed by atoms with van der Waals surface area (Å²) in [6.45, 7) is 0. The predicted molar refractivity (Wildman–Crippen MR) is 58.5 cm³/mol. The molecule has 2 heterocycles. The lowest BCUT2D eigenvalue weighted by molar-refractivity contribution is 0.413. The number of aromatic nitrogens is 3. The van der Waals surface area contributed by atoms with E-state index in [2.05, 4.69) is 15.0 Å². The van der Waals surface area contributed by atoms with Gasteiger partial charge in [-0.25, -0.2) is 4.98 Å². The Morgan fingerprint density at radius 3 is 2.88 bits per heavy atom. The Labute approximate surface area is 92.2 Å². The van der Waals surface area contributed by atoms with Gasteiger partial charge < -0.3 is 9.72 Å². The Kier molecular flexibility index (Phi) is 2.95. The Morgan fingerprint density at radius 1 is 1.31 bits per heavy atom. The number of nitrogens with one attached hydrogen (secondary N) is 1. The van der Waals surface area contributed by atoms with E-state index < -0.39 is 0 Å². The lowest BCUT2D eigenvalue weighted by atomic mass is 10.2. The molecule has 0 bridgehead atoms. The molecule has 0 aliphatic heterocycles. The van der Waals surface area contributed by atoms with Crippen LogP contribution in [0.4, 0.5) is 0 Å². The monoisotopic (exact) mass is 217 g/mol. The Bertz CT molecular complexity index is 537. The number of hydrogen-bond acceptors (Lipinski definition) is 4. The SMILES string of the molecule is COc1ccnc(Cc2nccc(=O)[nH]2)c1. The van der Waals surface area contributed by atoms with Crippen LogP contribution in [0.5, 0.6) is 5.75 Å². The van der Waals surface area contributed by atoms with E-state index in [1.807, 2.05) is 6.07 Å². The van der Waals surface area contributed by atoms with E-state index in [-0.39, 0.29) is 5.56 Å². The lowest BCUT2D eigenvalue weighted by Gasteiger charge is -2.02. The third-order valence-corrected chi connectivity index (χ3v) is 2.10. The summed E-state index contributed by atoms with van der Waals surface area (Å²) in [5.41, 5.74) is 0.640. The van der Waals surface area contributed by atoms with Crippen molar-refractivity contribution in [3.05, 3.63) is 52.5 Å². The van der Waals surface area contributed by atoms with Crippen LogP contribution < -0.4 is 10.3 Å². The van der Waals surface area contributed by atoms with Crippen molar-refractivity contribution in [3.8, 4) is 5.75 Å². The average Bonchev–Trinajstić information content (AvgIpc) is 2.29. The maximum absolute atomic E-state index is 11.1. The third kappa shape index (κ3) is 2.44. The van der Waals surface area contributed by atoms with Gasteiger partial charge in [0.05, 0.1) is 12.8 Å². The van der Waals surface area contributed by atoms with E-state index in [9.17, 15) is 4.79 Å². The smallest absolute Gasteiger partial charge is 0.250 e. The van der Waals surface area contributed by atoms with Crippen LogP contribution in [0.1, 0.15) is 11.5 Å². The standard InChI is InChI=1S/C11H11N3O2/c1-16-9-2-4-12-8(6-9)7-10-13-5-3-11(15)14-10/h2-6H,7H2,1H3,(H,13,14,15). The van der Waals surface area contributed by atoms with E-state index in [1.165, 1.54) is 12.3 Å². The number of nitrogens with zero attached hydrogens (tertiary/aromatic N) is 2. The van der Waals surface area contributed by atoms with Crippen molar-refractivity contribution in [3.63, 3.8) is 0 Å². The summed E-state index contributed by atoms with van der Waals surface area (Å²) in [5, 5.41) is 0. The van der Waals surface area contributed by atoms with E-state index in [4.69, 9.17) is 4.74 Å². The highest BCUT2D eigenvalue weighted by atomic mass is 16.5. The van der Waals surface area contributed by atoms with Gasteiger partial charge in [-0.3, -0.25) is 9.78 Å². The molecule has 0 saturated carbocycles. The molecule has 0 aromatic carbocycles.